The average Bonchev–Trinajstić information content (AvgIpc) is 2.87. The van der Waals surface area contributed by atoms with Crippen molar-refractivity contribution < 1.29 is 9.13 Å². The molecule has 0 saturated heterocycles. The molecule has 0 spiro atoms. The Labute approximate surface area is 117 Å². The van der Waals surface area contributed by atoms with Crippen LogP contribution in [0.1, 0.15) is 29.0 Å². The third-order valence-electron chi connectivity index (χ3n) is 3.17. The highest BCUT2D eigenvalue weighted by molar-refractivity contribution is 7.10. The Hall–Kier alpha value is -1.39. The highest BCUT2D eigenvalue weighted by Crippen LogP contribution is 2.27. The van der Waals surface area contributed by atoms with E-state index in [1.165, 1.54) is 23.6 Å². The fraction of sp³-hybridized carbons (Fsp3) is 0.333. The summed E-state index contributed by atoms with van der Waals surface area (Å²) in [4.78, 5) is 1.19. The normalized spacial score (nSPS) is 12.4. The highest BCUT2D eigenvalue weighted by Gasteiger charge is 2.13. The van der Waals surface area contributed by atoms with Crippen molar-refractivity contribution in [2.75, 3.05) is 7.11 Å². The molecule has 0 amide bonds. The van der Waals surface area contributed by atoms with Crippen molar-refractivity contribution in [1.82, 2.24) is 0 Å². The van der Waals surface area contributed by atoms with E-state index >= 15 is 0 Å². The molecule has 2 rings (SSSR count). The molecule has 4 heteroatoms. The average molecular weight is 279 g/mol. The molecule has 1 unspecified atom stereocenters. The first-order valence-electron chi connectivity index (χ1n) is 6.30. The van der Waals surface area contributed by atoms with Gasteiger partial charge in [-0.15, -0.1) is 11.3 Å². The van der Waals surface area contributed by atoms with Crippen molar-refractivity contribution >= 4 is 11.3 Å². The van der Waals surface area contributed by atoms with Crippen molar-refractivity contribution in [1.29, 1.82) is 0 Å². The molecule has 1 aromatic carbocycles. The number of aryl methyl sites for hydroxylation is 1. The van der Waals surface area contributed by atoms with Crippen LogP contribution in [0.3, 0.4) is 0 Å². The number of thiophene rings is 1. The van der Waals surface area contributed by atoms with Crippen molar-refractivity contribution in [3.8, 4) is 5.75 Å². The van der Waals surface area contributed by atoms with Gasteiger partial charge in [0.1, 0.15) is 0 Å². The van der Waals surface area contributed by atoms with Gasteiger partial charge < -0.3 is 10.5 Å². The summed E-state index contributed by atoms with van der Waals surface area (Å²) >= 11 is 1.67. The van der Waals surface area contributed by atoms with E-state index in [0.29, 0.717) is 6.42 Å². The summed E-state index contributed by atoms with van der Waals surface area (Å²) in [5, 5.41) is 2.06. The molecule has 102 valence electrons. The van der Waals surface area contributed by atoms with E-state index in [1.807, 2.05) is 6.07 Å². The van der Waals surface area contributed by atoms with Crippen molar-refractivity contribution in [2.24, 2.45) is 5.73 Å². The lowest BCUT2D eigenvalue weighted by molar-refractivity contribution is 0.386. The van der Waals surface area contributed by atoms with Gasteiger partial charge in [0.05, 0.1) is 7.11 Å². The van der Waals surface area contributed by atoms with E-state index in [4.69, 9.17) is 10.5 Å². The van der Waals surface area contributed by atoms with E-state index in [9.17, 15) is 4.39 Å². The second-order valence-corrected chi connectivity index (χ2v) is 5.39. The van der Waals surface area contributed by atoms with E-state index in [0.717, 1.165) is 12.0 Å². The van der Waals surface area contributed by atoms with Crippen LogP contribution in [0.5, 0.6) is 5.75 Å². The molecule has 2 nitrogen and oxygen atoms in total. The van der Waals surface area contributed by atoms with Gasteiger partial charge in [0.15, 0.2) is 11.6 Å². The molecule has 0 aliphatic carbocycles. The number of rotatable bonds is 5. The zero-order valence-corrected chi connectivity index (χ0v) is 12.0. The summed E-state index contributed by atoms with van der Waals surface area (Å²) in [5.41, 5.74) is 8.40. The molecular weight excluding hydrogens is 261 g/mol. The molecule has 2 N–H and O–H groups in total. The summed E-state index contributed by atoms with van der Waals surface area (Å²) < 4.78 is 18.5. The van der Waals surface area contributed by atoms with Crippen LogP contribution in [0.2, 0.25) is 0 Å². The van der Waals surface area contributed by atoms with Crippen molar-refractivity contribution in [3.05, 3.63) is 51.5 Å². The summed E-state index contributed by atoms with van der Waals surface area (Å²) in [6, 6.07) is 7.03. The fourth-order valence-electron chi connectivity index (χ4n) is 2.15. The van der Waals surface area contributed by atoms with E-state index < -0.39 is 0 Å². The second kappa shape index (κ2) is 6.17. The zero-order chi connectivity index (χ0) is 13.8. The van der Waals surface area contributed by atoms with E-state index in [-0.39, 0.29) is 17.6 Å². The Kier molecular flexibility index (Phi) is 4.56. The number of methoxy groups -OCH3 is 1. The number of hydrogen-bond donors (Lipinski definition) is 1. The number of hydrogen-bond acceptors (Lipinski definition) is 3. The molecule has 19 heavy (non-hydrogen) atoms. The van der Waals surface area contributed by atoms with Crippen LogP contribution >= 0.6 is 11.3 Å². The lowest BCUT2D eigenvalue weighted by Gasteiger charge is -2.13. The smallest absolute Gasteiger partial charge is 0.165 e. The monoisotopic (exact) mass is 279 g/mol. The van der Waals surface area contributed by atoms with Crippen molar-refractivity contribution in [3.63, 3.8) is 0 Å². The Bertz CT molecular complexity index is 553. The standard InChI is InChI=1S/C15H18FNOS/c1-3-11-6-7-19-15(11)13(17)9-10-4-5-14(18-2)12(16)8-10/h4-8,13H,3,9,17H2,1-2H3. The maximum Gasteiger partial charge on any atom is 0.165 e. The Balaban J connectivity index is 2.15. The molecule has 2 aromatic rings. The third kappa shape index (κ3) is 3.14. The van der Waals surface area contributed by atoms with Gasteiger partial charge in [-0.3, -0.25) is 0 Å². The molecule has 0 fully saturated rings. The molecule has 0 aliphatic rings. The van der Waals surface area contributed by atoms with E-state index in [2.05, 4.69) is 18.4 Å². The van der Waals surface area contributed by atoms with Gasteiger partial charge in [-0.05, 0) is 47.5 Å². The van der Waals surface area contributed by atoms with Gasteiger partial charge in [0, 0.05) is 10.9 Å². The predicted molar refractivity (Wildman–Crippen MR) is 77.3 cm³/mol. The van der Waals surface area contributed by atoms with Gasteiger partial charge in [0.2, 0.25) is 0 Å². The maximum absolute atomic E-state index is 13.6. The SMILES string of the molecule is CCc1ccsc1C(N)Cc1ccc(OC)c(F)c1. The van der Waals surface area contributed by atoms with Gasteiger partial charge in [0.25, 0.3) is 0 Å². The van der Waals surface area contributed by atoms with Crippen LogP contribution in [-0.4, -0.2) is 7.11 Å². The number of halogens is 1. The Morgan fingerprint density at radius 3 is 2.79 bits per heavy atom. The van der Waals surface area contributed by atoms with Gasteiger partial charge in [-0.25, -0.2) is 4.39 Å². The maximum atomic E-state index is 13.6. The van der Waals surface area contributed by atoms with Crippen LogP contribution in [0.4, 0.5) is 4.39 Å². The summed E-state index contributed by atoms with van der Waals surface area (Å²) in [6.45, 7) is 2.12. The Morgan fingerprint density at radius 1 is 1.37 bits per heavy atom. The third-order valence-corrected chi connectivity index (χ3v) is 4.26. The molecule has 0 saturated carbocycles. The lowest BCUT2D eigenvalue weighted by Crippen LogP contribution is -2.13. The fourth-order valence-corrected chi connectivity index (χ4v) is 3.15. The molecule has 1 heterocycles. The first kappa shape index (κ1) is 14.0. The highest BCUT2D eigenvalue weighted by atomic mass is 32.1. The van der Waals surface area contributed by atoms with Crippen LogP contribution in [0, 0.1) is 5.82 Å². The topological polar surface area (TPSA) is 35.2 Å². The van der Waals surface area contributed by atoms with Crippen LogP contribution in [0.15, 0.2) is 29.6 Å². The minimum absolute atomic E-state index is 0.0808. The Morgan fingerprint density at radius 2 is 2.16 bits per heavy atom. The molecule has 0 radical (unpaired) electrons. The zero-order valence-electron chi connectivity index (χ0n) is 11.2. The van der Waals surface area contributed by atoms with Crippen LogP contribution < -0.4 is 10.5 Å². The quantitative estimate of drug-likeness (QED) is 0.905. The molecule has 1 atom stereocenters. The molecule has 1 aromatic heterocycles. The number of ether oxygens (including phenoxy) is 1. The van der Waals surface area contributed by atoms with Gasteiger partial charge in [-0.2, -0.15) is 0 Å². The molecular formula is C15H18FNOS. The van der Waals surface area contributed by atoms with Crippen LogP contribution in [-0.2, 0) is 12.8 Å². The first-order chi connectivity index (χ1) is 9.15. The largest absolute Gasteiger partial charge is 0.494 e. The van der Waals surface area contributed by atoms with Crippen molar-refractivity contribution in [2.45, 2.75) is 25.8 Å². The number of nitrogens with two attached hydrogens (primary N) is 1. The van der Waals surface area contributed by atoms with Gasteiger partial charge >= 0.3 is 0 Å². The van der Waals surface area contributed by atoms with Gasteiger partial charge in [-0.1, -0.05) is 13.0 Å². The predicted octanol–water partition coefficient (Wildman–Crippen LogP) is 3.70. The summed E-state index contributed by atoms with van der Waals surface area (Å²) in [7, 11) is 1.46. The molecule has 0 aliphatic heterocycles. The minimum atomic E-state index is -0.339. The summed E-state index contributed by atoms with van der Waals surface area (Å²) in [6.07, 6.45) is 1.61. The minimum Gasteiger partial charge on any atom is -0.494 e. The first-order valence-corrected chi connectivity index (χ1v) is 7.18. The van der Waals surface area contributed by atoms with E-state index in [1.54, 1.807) is 17.4 Å². The number of benzene rings is 1. The summed E-state index contributed by atoms with van der Waals surface area (Å²) in [5.74, 6) is -0.0724. The molecule has 0 bridgehead atoms. The second-order valence-electron chi connectivity index (χ2n) is 4.44. The lowest BCUT2D eigenvalue weighted by atomic mass is 10.0. The van der Waals surface area contributed by atoms with Crippen LogP contribution in [0.25, 0.3) is 0 Å².